The maximum absolute atomic E-state index is 13.7. The number of carbonyl (C=O) groups is 2. The van der Waals surface area contributed by atoms with Crippen molar-refractivity contribution in [3.05, 3.63) is 0 Å². The standard InChI is InChI=1S/C47H78N2O7S/c1-29(50)34(49-22-24-57(54,55)25-23-49)28-48-47-17-12-30(27-43(6)18-19-43)38(47)31-10-11-36-44(7)15-14-37(56-40(53)33-26-32(39(51)52)41(33,2)3)42(4,5)35(44)13-16-46(36,9)45(31,8)20-21-47/h29-38,48,50H,10-28H2,1-9H3,(H,51,52)/t29-,30+,31-,32+,33-,34-,35+,36-,37+,38-,44+,45-,46-,47+/m1/s1. The Bertz CT molecular complexity index is 1690. The number of ether oxygens (including phenoxy) is 1. The van der Waals surface area contributed by atoms with E-state index in [-0.39, 0.29) is 62.7 Å². The van der Waals surface area contributed by atoms with E-state index >= 15 is 0 Å². The minimum absolute atomic E-state index is 0.0583. The molecule has 0 radical (unpaired) electrons. The molecular formula is C47H78N2O7S. The van der Waals surface area contributed by atoms with Crippen molar-refractivity contribution in [1.82, 2.24) is 10.2 Å². The summed E-state index contributed by atoms with van der Waals surface area (Å²) in [6.07, 6.45) is 15.4. The molecule has 324 valence electrons. The third-order valence-electron chi connectivity index (χ3n) is 20.5. The molecule has 3 N–H and O–H groups in total. The van der Waals surface area contributed by atoms with Crippen molar-refractivity contribution < 1.29 is 33.0 Å². The summed E-state index contributed by atoms with van der Waals surface area (Å²) in [5, 5.41) is 25.0. The van der Waals surface area contributed by atoms with Crippen LogP contribution in [0.3, 0.4) is 0 Å². The predicted molar refractivity (Wildman–Crippen MR) is 223 cm³/mol. The van der Waals surface area contributed by atoms with Crippen LogP contribution in [0.5, 0.6) is 0 Å². The molecule has 14 atom stereocenters. The molecule has 0 aromatic rings. The quantitative estimate of drug-likeness (QED) is 0.190. The fourth-order valence-corrected chi connectivity index (χ4v) is 17.7. The minimum atomic E-state index is -3.00. The van der Waals surface area contributed by atoms with Crippen LogP contribution in [0.1, 0.15) is 152 Å². The van der Waals surface area contributed by atoms with Gasteiger partial charge in [-0.2, -0.15) is 0 Å². The molecule has 0 aromatic heterocycles. The highest BCUT2D eigenvalue weighted by Crippen LogP contribution is 2.77. The van der Waals surface area contributed by atoms with Crippen LogP contribution >= 0.6 is 0 Å². The third-order valence-corrected chi connectivity index (χ3v) is 22.2. The second-order valence-corrected chi connectivity index (χ2v) is 26.1. The normalized spacial score (nSPS) is 47.5. The first kappa shape index (κ1) is 42.5. The lowest BCUT2D eigenvalue weighted by Gasteiger charge is -2.73. The molecule has 0 spiro atoms. The first-order valence-electron chi connectivity index (χ1n) is 23.2. The van der Waals surface area contributed by atoms with Crippen LogP contribution in [0.15, 0.2) is 0 Å². The summed E-state index contributed by atoms with van der Waals surface area (Å²) >= 11 is 0. The highest BCUT2D eigenvalue weighted by atomic mass is 32.2. The number of fused-ring (bicyclic) bond motifs is 7. The van der Waals surface area contributed by atoms with Crippen molar-refractivity contribution in [1.29, 1.82) is 0 Å². The molecule has 0 bridgehead atoms. The summed E-state index contributed by atoms with van der Waals surface area (Å²) < 4.78 is 31.1. The topological polar surface area (TPSA) is 133 Å². The van der Waals surface area contributed by atoms with Gasteiger partial charge < -0.3 is 20.3 Å². The van der Waals surface area contributed by atoms with E-state index in [1.807, 2.05) is 20.8 Å². The fourth-order valence-electron chi connectivity index (χ4n) is 16.4. The summed E-state index contributed by atoms with van der Waals surface area (Å²) in [5.74, 6) is 1.53. The van der Waals surface area contributed by atoms with Crippen molar-refractivity contribution in [2.45, 2.75) is 176 Å². The largest absolute Gasteiger partial charge is 0.481 e. The number of hydrogen-bond donors (Lipinski definition) is 3. The van der Waals surface area contributed by atoms with E-state index in [1.54, 1.807) is 0 Å². The third kappa shape index (κ3) is 6.62. The Labute approximate surface area is 344 Å². The van der Waals surface area contributed by atoms with Gasteiger partial charge in [0.15, 0.2) is 9.84 Å². The van der Waals surface area contributed by atoms with Gasteiger partial charge >= 0.3 is 11.9 Å². The maximum atomic E-state index is 13.7. The number of nitrogens with zero attached hydrogens (tertiary/aromatic N) is 1. The Morgan fingerprint density at radius 2 is 1.47 bits per heavy atom. The van der Waals surface area contributed by atoms with Crippen LogP contribution in [0, 0.1) is 73.9 Å². The molecule has 0 aromatic carbocycles. The van der Waals surface area contributed by atoms with Crippen LogP contribution in [0.2, 0.25) is 0 Å². The molecule has 1 heterocycles. The van der Waals surface area contributed by atoms with Gasteiger partial charge in [-0.05, 0) is 153 Å². The number of hydrogen-bond acceptors (Lipinski definition) is 8. The zero-order valence-corrected chi connectivity index (χ0v) is 37.8. The van der Waals surface area contributed by atoms with Gasteiger partial charge in [0.2, 0.25) is 0 Å². The number of aliphatic carboxylic acids is 1. The van der Waals surface area contributed by atoms with E-state index in [2.05, 4.69) is 51.8 Å². The van der Waals surface area contributed by atoms with E-state index in [0.29, 0.717) is 61.1 Å². The van der Waals surface area contributed by atoms with Crippen LogP contribution in [-0.4, -0.2) is 90.4 Å². The molecule has 0 amide bonds. The molecule has 8 aliphatic rings. The van der Waals surface area contributed by atoms with Gasteiger partial charge in [-0.3, -0.25) is 14.5 Å². The van der Waals surface area contributed by atoms with Gasteiger partial charge in [0, 0.05) is 36.6 Å². The van der Waals surface area contributed by atoms with E-state index in [1.165, 1.54) is 64.2 Å². The van der Waals surface area contributed by atoms with Gasteiger partial charge in [0.1, 0.15) is 6.10 Å². The lowest BCUT2D eigenvalue weighted by Crippen LogP contribution is -2.69. The van der Waals surface area contributed by atoms with Crippen LogP contribution < -0.4 is 5.32 Å². The Hall–Kier alpha value is -1.23. The van der Waals surface area contributed by atoms with E-state index in [9.17, 15) is 28.2 Å². The second-order valence-electron chi connectivity index (χ2n) is 23.8. The molecule has 7 saturated carbocycles. The van der Waals surface area contributed by atoms with Gasteiger partial charge in [0.05, 0.1) is 29.4 Å². The zero-order valence-electron chi connectivity index (χ0n) is 37.0. The lowest BCUT2D eigenvalue weighted by molar-refractivity contribution is -0.249. The Morgan fingerprint density at radius 1 is 0.789 bits per heavy atom. The van der Waals surface area contributed by atoms with E-state index < -0.39 is 33.2 Å². The highest BCUT2D eigenvalue weighted by molar-refractivity contribution is 7.91. The molecule has 1 aliphatic heterocycles. The van der Waals surface area contributed by atoms with Crippen molar-refractivity contribution in [2.24, 2.45) is 73.9 Å². The predicted octanol–water partition coefficient (Wildman–Crippen LogP) is 7.74. The van der Waals surface area contributed by atoms with Crippen molar-refractivity contribution in [2.75, 3.05) is 31.1 Å². The summed E-state index contributed by atoms with van der Waals surface area (Å²) in [5.41, 5.74) is 0.395. The Balaban J connectivity index is 1.02. The Kier molecular flexibility index (Phi) is 10.3. The summed E-state index contributed by atoms with van der Waals surface area (Å²) in [4.78, 5) is 27.7. The number of esters is 1. The van der Waals surface area contributed by atoms with Crippen LogP contribution in [0.25, 0.3) is 0 Å². The number of aliphatic hydroxyl groups is 1. The zero-order chi connectivity index (χ0) is 41.4. The first-order valence-corrected chi connectivity index (χ1v) is 25.1. The number of aliphatic hydroxyl groups excluding tert-OH is 1. The number of nitrogens with one attached hydrogen (secondary N) is 1. The summed E-state index contributed by atoms with van der Waals surface area (Å²) in [7, 11) is -3.00. The fraction of sp³-hybridized carbons (Fsp3) is 0.957. The van der Waals surface area contributed by atoms with E-state index in [0.717, 1.165) is 19.3 Å². The number of rotatable bonds is 10. The van der Waals surface area contributed by atoms with Crippen molar-refractivity contribution in [3.8, 4) is 0 Å². The molecule has 7 aliphatic carbocycles. The average molecular weight is 815 g/mol. The molecule has 57 heavy (non-hydrogen) atoms. The molecule has 0 unspecified atom stereocenters. The van der Waals surface area contributed by atoms with E-state index in [4.69, 9.17) is 4.74 Å². The van der Waals surface area contributed by atoms with Gasteiger partial charge in [-0.25, -0.2) is 8.42 Å². The minimum Gasteiger partial charge on any atom is -0.481 e. The Morgan fingerprint density at radius 3 is 2.09 bits per heavy atom. The van der Waals surface area contributed by atoms with Gasteiger partial charge in [0.25, 0.3) is 0 Å². The number of sulfone groups is 1. The van der Waals surface area contributed by atoms with Gasteiger partial charge in [-0.15, -0.1) is 0 Å². The van der Waals surface area contributed by atoms with Crippen molar-refractivity contribution in [3.63, 3.8) is 0 Å². The summed E-state index contributed by atoms with van der Waals surface area (Å²) in [6, 6.07) is -0.0908. The molecule has 10 heteroatoms. The SMILES string of the molecule is C[C@@H](O)[C@@H](CN[C@]12CC[C@@H](CC3(C)CC3)[C@@H]1[C@H]1CC[C@@H]3[C@@]4(C)CC[C@H](OC(=O)[C@H]5C[C@@H](C(=O)O)C5(C)C)C(C)(C)[C@@H]4CC[C@@]3(C)[C@]1(C)CC2)N1CCS(=O)(=O)CC1. The number of carbonyl (C=O) groups excluding carboxylic acids is 1. The highest BCUT2D eigenvalue weighted by Gasteiger charge is 2.71. The maximum Gasteiger partial charge on any atom is 0.309 e. The second kappa shape index (κ2) is 13.9. The molecule has 9 nitrogen and oxygen atoms in total. The van der Waals surface area contributed by atoms with Crippen LogP contribution in [-0.2, 0) is 24.2 Å². The molecule has 8 fully saturated rings. The average Bonchev–Trinajstić information content (AvgIpc) is 3.73. The van der Waals surface area contributed by atoms with Crippen LogP contribution in [0.4, 0.5) is 0 Å². The molecular weight excluding hydrogens is 737 g/mol. The summed E-state index contributed by atoms with van der Waals surface area (Å²) in [6.45, 7) is 22.7. The number of carboxylic acid groups (broad SMARTS) is 1. The first-order chi connectivity index (χ1) is 26.4. The van der Waals surface area contributed by atoms with Gasteiger partial charge in [-0.1, -0.05) is 55.4 Å². The smallest absolute Gasteiger partial charge is 0.309 e. The number of carboxylic acids is 1. The van der Waals surface area contributed by atoms with Crippen molar-refractivity contribution >= 4 is 21.8 Å². The molecule has 1 saturated heterocycles. The monoisotopic (exact) mass is 815 g/mol. The lowest BCUT2D eigenvalue weighted by atomic mass is 9.32. The molecule has 8 rings (SSSR count).